The summed E-state index contributed by atoms with van der Waals surface area (Å²) in [6.07, 6.45) is 13.0. The standard InChI is InChI=1S/C36H49N9O4/c1-4-31(47)37-16-9-5-6-10-17-38-32(48)15-18-43-19-21-44(22-20-43)28-13-14-30(39-23-28)41-36-40-24-29-25(2)33(26(3)46)35(49)45(34(29)42-36)27-11-7-8-12-27/h4,13-14,23-24,27H,1,5-12,15-22H2,2-3H3,(H,37,47)(H,38,48)(H,39,40,41,42). The lowest BCUT2D eigenvalue weighted by Gasteiger charge is -2.35. The van der Waals surface area contributed by atoms with Crippen molar-refractivity contribution >= 4 is 46.1 Å². The molecule has 13 nitrogen and oxygen atoms in total. The summed E-state index contributed by atoms with van der Waals surface area (Å²) in [6, 6.07) is 3.94. The molecule has 0 bridgehead atoms. The SMILES string of the molecule is C=CC(=O)NCCCCCCNC(=O)CCN1CCN(c2ccc(Nc3ncc4c(C)c(C(C)=O)c(=O)n(C5CCCC5)c4n3)nc2)CC1. The maximum atomic E-state index is 13.5. The van der Waals surface area contributed by atoms with Crippen LogP contribution < -0.4 is 26.4 Å². The molecule has 3 aromatic heterocycles. The van der Waals surface area contributed by atoms with Gasteiger partial charge >= 0.3 is 0 Å². The highest BCUT2D eigenvalue weighted by Gasteiger charge is 2.26. The van der Waals surface area contributed by atoms with Gasteiger partial charge < -0.3 is 20.9 Å². The van der Waals surface area contributed by atoms with E-state index in [0.29, 0.717) is 47.9 Å². The number of anilines is 3. The van der Waals surface area contributed by atoms with Gasteiger partial charge in [0.25, 0.3) is 5.56 Å². The summed E-state index contributed by atoms with van der Waals surface area (Å²) in [5.74, 6) is 0.643. The number of rotatable bonds is 16. The second kappa shape index (κ2) is 17.1. The zero-order valence-corrected chi connectivity index (χ0v) is 28.8. The number of pyridine rings is 2. The predicted molar refractivity (Wildman–Crippen MR) is 192 cm³/mol. The number of unbranched alkanes of at least 4 members (excludes halogenated alkanes) is 3. The summed E-state index contributed by atoms with van der Waals surface area (Å²) in [4.78, 5) is 67.8. The third-order valence-electron chi connectivity index (χ3n) is 9.54. The van der Waals surface area contributed by atoms with Crippen LogP contribution >= 0.6 is 0 Å². The Bertz CT molecular complexity index is 1690. The number of hydrogen-bond donors (Lipinski definition) is 3. The molecule has 262 valence electrons. The van der Waals surface area contributed by atoms with Gasteiger partial charge in [0.15, 0.2) is 5.78 Å². The van der Waals surface area contributed by atoms with Gasteiger partial charge in [-0.2, -0.15) is 4.98 Å². The van der Waals surface area contributed by atoms with Crippen LogP contribution in [0.3, 0.4) is 0 Å². The van der Waals surface area contributed by atoms with Crippen LogP contribution in [0.1, 0.15) is 86.7 Å². The monoisotopic (exact) mass is 671 g/mol. The number of aromatic nitrogens is 4. The van der Waals surface area contributed by atoms with Crippen LogP contribution in [0.2, 0.25) is 0 Å². The summed E-state index contributed by atoms with van der Waals surface area (Å²) in [5, 5.41) is 9.70. The van der Waals surface area contributed by atoms with E-state index in [-0.39, 0.29) is 34.8 Å². The van der Waals surface area contributed by atoms with Crippen molar-refractivity contribution < 1.29 is 14.4 Å². The second-order valence-electron chi connectivity index (χ2n) is 13.0. The first-order valence-electron chi connectivity index (χ1n) is 17.5. The highest BCUT2D eigenvalue weighted by atomic mass is 16.2. The Morgan fingerprint density at radius 1 is 0.959 bits per heavy atom. The Hall–Kier alpha value is -4.65. The van der Waals surface area contributed by atoms with Crippen LogP contribution in [0, 0.1) is 6.92 Å². The van der Waals surface area contributed by atoms with E-state index in [1.54, 1.807) is 17.7 Å². The lowest BCUT2D eigenvalue weighted by atomic mass is 10.0. The van der Waals surface area contributed by atoms with Crippen molar-refractivity contribution in [2.24, 2.45) is 0 Å². The average molecular weight is 672 g/mol. The fourth-order valence-corrected chi connectivity index (χ4v) is 6.76. The summed E-state index contributed by atoms with van der Waals surface area (Å²) in [7, 11) is 0. The van der Waals surface area contributed by atoms with Crippen LogP contribution in [0.25, 0.3) is 11.0 Å². The molecular formula is C36H49N9O4. The van der Waals surface area contributed by atoms with Gasteiger partial charge in [-0.05, 0) is 63.3 Å². The lowest BCUT2D eigenvalue weighted by molar-refractivity contribution is -0.121. The molecule has 0 spiro atoms. The van der Waals surface area contributed by atoms with Gasteiger partial charge in [0, 0.05) is 69.9 Å². The van der Waals surface area contributed by atoms with E-state index in [9.17, 15) is 19.2 Å². The number of piperazine rings is 1. The molecule has 2 aliphatic rings. The van der Waals surface area contributed by atoms with Crippen molar-refractivity contribution in [1.82, 2.24) is 35.1 Å². The topological polar surface area (TPSA) is 154 Å². The van der Waals surface area contributed by atoms with E-state index in [1.165, 1.54) is 13.0 Å². The predicted octanol–water partition coefficient (Wildman–Crippen LogP) is 4.05. The molecule has 2 amide bonds. The molecule has 1 aliphatic carbocycles. The Morgan fingerprint density at radius 2 is 1.67 bits per heavy atom. The molecule has 2 fully saturated rings. The Kier molecular flexibility index (Phi) is 12.5. The van der Waals surface area contributed by atoms with Gasteiger partial charge in [0.2, 0.25) is 17.8 Å². The number of Topliss-reactive ketones (excluding diaryl/α,β-unsaturated/α-hetero) is 1. The van der Waals surface area contributed by atoms with Crippen molar-refractivity contribution in [2.45, 2.75) is 77.7 Å². The molecular weight excluding hydrogens is 622 g/mol. The maximum absolute atomic E-state index is 13.5. The number of nitrogens with zero attached hydrogens (tertiary/aromatic N) is 6. The Labute approximate surface area is 287 Å². The molecule has 13 heteroatoms. The molecule has 0 aromatic carbocycles. The zero-order valence-electron chi connectivity index (χ0n) is 28.8. The molecule has 3 N–H and O–H groups in total. The minimum Gasteiger partial charge on any atom is -0.368 e. The summed E-state index contributed by atoms with van der Waals surface area (Å²) in [5.41, 5.74) is 2.13. The third-order valence-corrected chi connectivity index (χ3v) is 9.54. The molecule has 49 heavy (non-hydrogen) atoms. The Morgan fingerprint density at radius 3 is 2.33 bits per heavy atom. The van der Waals surface area contributed by atoms with Crippen LogP contribution in [-0.2, 0) is 9.59 Å². The molecule has 0 unspecified atom stereocenters. The Balaban J connectivity index is 1.08. The fraction of sp³-hybridized carbons (Fsp3) is 0.528. The van der Waals surface area contributed by atoms with E-state index in [0.717, 1.165) is 89.8 Å². The normalized spacial score (nSPS) is 15.3. The highest BCUT2D eigenvalue weighted by Crippen LogP contribution is 2.32. The molecule has 1 saturated carbocycles. The quantitative estimate of drug-likeness (QED) is 0.115. The molecule has 0 radical (unpaired) electrons. The third kappa shape index (κ3) is 9.28. The number of hydrogen-bond acceptors (Lipinski definition) is 10. The number of aryl methyl sites for hydroxylation is 1. The van der Waals surface area contributed by atoms with Gasteiger partial charge in [-0.25, -0.2) is 9.97 Å². The number of carbonyl (C=O) groups is 3. The van der Waals surface area contributed by atoms with Gasteiger partial charge in [-0.1, -0.05) is 32.3 Å². The number of carbonyl (C=O) groups excluding carboxylic acids is 3. The number of nitrogens with one attached hydrogen (secondary N) is 3. The lowest BCUT2D eigenvalue weighted by Crippen LogP contribution is -2.47. The maximum Gasteiger partial charge on any atom is 0.263 e. The number of amides is 2. The van der Waals surface area contributed by atoms with Crippen LogP contribution in [0.4, 0.5) is 17.5 Å². The largest absolute Gasteiger partial charge is 0.368 e. The zero-order chi connectivity index (χ0) is 34.8. The molecule has 5 rings (SSSR count). The van der Waals surface area contributed by atoms with Gasteiger partial charge in [0.1, 0.15) is 11.5 Å². The first-order valence-corrected chi connectivity index (χ1v) is 17.5. The summed E-state index contributed by atoms with van der Waals surface area (Å²) in [6.45, 7) is 12.2. The first kappa shape index (κ1) is 35.7. The van der Waals surface area contributed by atoms with Crippen LogP contribution in [0.5, 0.6) is 0 Å². The van der Waals surface area contributed by atoms with Gasteiger partial charge in [-0.15, -0.1) is 0 Å². The molecule has 1 saturated heterocycles. The van der Waals surface area contributed by atoms with Crippen molar-refractivity contribution in [2.75, 3.05) is 56.0 Å². The first-order chi connectivity index (χ1) is 23.7. The van der Waals surface area contributed by atoms with E-state index >= 15 is 0 Å². The van der Waals surface area contributed by atoms with Gasteiger partial charge in [-0.3, -0.25) is 28.6 Å². The van der Waals surface area contributed by atoms with Crippen molar-refractivity contribution in [3.05, 3.63) is 58.7 Å². The smallest absolute Gasteiger partial charge is 0.263 e. The minimum absolute atomic E-state index is 0.0171. The number of ketones is 1. The molecule has 0 atom stereocenters. The minimum atomic E-state index is -0.271. The van der Waals surface area contributed by atoms with Crippen molar-refractivity contribution in [1.29, 1.82) is 0 Å². The molecule has 4 heterocycles. The van der Waals surface area contributed by atoms with Crippen molar-refractivity contribution in [3.63, 3.8) is 0 Å². The van der Waals surface area contributed by atoms with Crippen molar-refractivity contribution in [3.8, 4) is 0 Å². The van der Waals surface area contributed by atoms with Crippen LogP contribution in [-0.4, -0.2) is 87.8 Å². The summed E-state index contributed by atoms with van der Waals surface area (Å²) >= 11 is 0. The van der Waals surface area contributed by atoms with E-state index in [1.807, 2.05) is 18.3 Å². The van der Waals surface area contributed by atoms with E-state index in [4.69, 9.17) is 4.98 Å². The molecule has 1 aliphatic heterocycles. The summed E-state index contributed by atoms with van der Waals surface area (Å²) < 4.78 is 1.71. The molecule has 3 aromatic rings. The van der Waals surface area contributed by atoms with E-state index in [2.05, 4.69) is 42.3 Å². The van der Waals surface area contributed by atoms with Gasteiger partial charge in [0.05, 0.1) is 17.4 Å². The highest BCUT2D eigenvalue weighted by molar-refractivity contribution is 5.99. The van der Waals surface area contributed by atoms with Crippen LogP contribution in [0.15, 0.2) is 42.0 Å². The number of fused-ring (bicyclic) bond motifs is 1. The second-order valence-corrected chi connectivity index (χ2v) is 13.0. The fourth-order valence-electron chi connectivity index (χ4n) is 6.76. The van der Waals surface area contributed by atoms with E-state index < -0.39 is 0 Å². The average Bonchev–Trinajstić information content (AvgIpc) is 3.63.